The number of rotatable bonds is 7. The number of fused-ring (bicyclic) bond motifs is 4. The zero-order chi connectivity index (χ0) is 37.2. The molecular formula is C49H52N2O. The maximum absolute atomic E-state index is 9.74. The molecule has 5 aromatic carbocycles. The molecule has 2 aromatic heterocycles. The van der Waals surface area contributed by atoms with Crippen LogP contribution in [-0.2, 0) is 0 Å². The van der Waals surface area contributed by atoms with E-state index in [0.717, 1.165) is 112 Å². The molecule has 0 aliphatic heterocycles. The van der Waals surface area contributed by atoms with Crippen molar-refractivity contribution in [2.45, 2.75) is 116 Å². The van der Waals surface area contributed by atoms with Crippen molar-refractivity contribution in [3.8, 4) is 28.2 Å². The highest BCUT2D eigenvalue weighted by Gasteiger charge is 2.27. The van der Waals surface area contributed by atoms with Gasteiger partial charge in [0.1, 0.15) is 17.0 Å². The molecule has 2 heterocycles. The van der Waals surface area contributed by atoms with Crippen LogP contribution in [-0.4, -0.2) is 9.55 Å². The minimum atomic E-state index is -0.599. The van der Waals surface area contributed by atoms with Crippen molar-refractivity contribution in [3.05, 3.63) is 119 Å². The van der Waals surface area contributed by atoms with E-state index in [2.05, 4.69) is 117 Å². The average Bonchev–Trinajstić information content (AvgIpc) is 3.76. The molecule has 3 nitrogen and oxygen atoms in total. The number of nitrogens with zero attached hydrogens (tertiary/aromatic N) is 2. The Balaban J connectivity index is 1.30. The van der Waals surface area contributed by atoms with Crippen LogP contribution < -0.4 is 0 Å². The Labute approximate surface area is 311 Å². The third-order valence-electron chi connectivity index (χ3n) is 11.8. The Morgan fingerprint density at radius 2 is 1.21 bits per heavy atom. The van der Waals surface area contributed by atoms with Crippen molar-refractivity contribution in [2.75, 3.05) is 0 Å². The number of furan rings is 1. The number of aromatic nitrogens is 2. The largest absolute Gasteiger partial charge is 0.455 e. The number of hydrogen-bond donors (Lipinski definition) is 0. The summed E-state index contributed by atoms with van der Waals surface area (Å²) in [6.07, 6.45) is 10.4. The first-order valence-electron chi connectivity index (χ1n) is 20.9. The lowest BCUT2D eigenvalue weighted by Gasteiger charge is -2.28. The van der Waals surface area contributed by atoms with Gasteiger partial charge in [-0.25, -0.2) is 4.98 Å². The molecule has 0 spiro atoms. The molecule has 3 heteroatoms. The van der Waals surface area contributed by atoms with Crippen molar-refractivity contribution >= 4 is 33.0 Å². The summed E-state index contributed by atoms with van der Waals surface area (Å²) in [6, 6.07) is 34.9. The van der Waals surface area contributed by atoms with E-state index >= 15 is 0 Å². The van der Waals surface area contributed by atoms with Gasteiger partial charge in [-0.3, -0.25) is 4.57 Å². The number of hydrogen-bond acceptors (Lipinski definition) is 2. The molecule has 2 saturated carbocycles. The molecule has 9 rings (SSSR count). The molecular weight excluding hydrogens is 633 g/mol. The second kappa shape index (κ2) is 13.7. The second-order valence-electron chi connectivity index (χ2n) is 16.0. The molecule has 0 atom stereocenters. The second-order valence-corrected chi connectivity index (χ2v) is 16.0. The standard InChI is InChI=1S/C49H52N2O/c1-31(2)42-29-38(37-27-35(33-16-7-5-8-17-33)26-36(28-37)34-18-9-6-10-19-34)30-43(32(3)4)47(42)51-45-24-13-12-23-44(45)50-49(51)41-22-15-21-40-39-20-11-14-25-46(39)52-48(40)41/h11-15,20-34H,5-10,16-19H2,1-4H3/i33D,34D. The zero-order valence-electron chi connectivity index (χ0n) is 33.3. The molecule has 2 fully saturated rings. The summed E-state index contributed by atoms with van der Waals surface area (Å²) in [5, 5.41) is 2.20. The van der Waals surface area contributed by atoms with Crippen molar-refractivity contribution in [3.63, 3.8) is 0 Å². The summed E-state index contributed by atoms with van der Waals surface area (Å²) in [5.41, 5.74) is 13.0. The van der Waals surface area contributed by atoms with Crippen LogP contribution >= 0.6 is 0 Å². The van der Waals surface area contributed by atoms with Crippen LogP contribution in [0.3, 0.4) is 0 Å². The third-order valence-corrected chi connectivity index (χ3v) is 11.8. The fourth-order valence-corrected chi connectivity index (χ4v) is 9.08. The first-order valence-corrected chi connectivity index (χ1v) is 19.9. The summed E-state index contributed by atoms with van der Waals surface area (Å²) in [6.45, 7) is 9.20. The van der Waals surface area contributed by atoms with Gasteiger partial charge in [0, 0.05) is 13.5 Å². The highest BCUT2D eigenvalue weighted by molar-refractivity contribution is 6.09. The first kappa shape index (κ1) is 30.9. The zero-order valence-corrected chi connectivity index (χ0v) is 31.3. The molecule has 2 aliphatic rings. The van der Waals surface area contributed by atoms with E-state index in [1.165, 1.54) is 35.2 Å². The van der Waals surface area contributed by atoms with E-state index in [0.29, 0.717) is 0 Å². The quantitative estimate of drug-likeness (QED) is 0.167. The number of imidazole rings is 1. The molecule has 0 N–H and O–H groups in total. The van der Waals surface area contributed by atoms with Crippen molar-refractivity contribution in [2.24, 2.45) is 0 Å². The molecule has 0 radical (unpaired) electrons. The Kier molecular flexibility index (Phi) is 8.17. The van der Waals surface area contributed by atoms with E-state index < -0.39 is 11.8 Å². The maximum atomic E-state index is 9.74. The summed E-state index contributed by atoms with van der Waals surface area (Å²) in [7, 11) is 0. The van der Waals surface area contributed by atoms with Gasteiger partial charge in [-0.15, -0.1) is 0 Å². The van der Waals surface area contributed by atoms with Crippen molar-refractivity contribution in [1.29, 1.82) is 0 Å². The third kappa shape index (κ3) is 5.87. The van der Waals surface area contributed by atoms with Gasteiger partial charge in [0.25, 0.3) is 0 Å². The molecule has 2 aliphatic carbocycles. The predicted octanol–water partition coefficient (Wildman–Crippen LogP) is 14.6. The van der Waals surface area contributed by atoms with Gasteiger partial charge < -0.3 is 4.42 Å². The van der Waals surface area contributed by atoms with Gasteiger partial charge in [0.05, 0.1) is 22.3 Å². The lowest BCUT2D eigenvalue weighted by Crippen LogP contribution is -2.10. The minimum Gasteiger partial charge on any atom is -0.455 e. The molecule has 0 saturated heterocycles. The Morgan fingerprint density at radius 3 is 1.87 bits per heavy atom. The number of benzene rings is 5. The van der Waals surface area contributed by atoms with E-state index in [4.69, 9.17) is 9.40 Å². The average molecular weight is 687 g/mol. The van der Waals surface area contributed by atoms with Crippen LogP contribution in [0.25, 0.3) is 61.2 Å². The van der Waals surface area contributed by atoms with E-state index in [1.807, 2.05) is 12.1 Å². The molecule has 7 aromatic rings. The highest BCUT2D eigenvalue weighted by atomic mass is 16.3. The Morgan fingerprint density at radius 1 is 0.635 bits per heavy atom. The lowest BCUT2D eigenvalue weighted by atomic mass is 9.78. The lowest BCUT2D eigenvalue weighted by molar-refractivity contribution is 0.435. The van der Waals surface area contributed by atoms with Gasteiger partial charge in [0.15, 0.2) is 0 Å². The molecule has 0 bridgehead atoms. The molecule has 0 amide bonds. The summed E-state index contributed by atoms with van der Waals surface area (Å²) in [5.74, 6) is 0.120. The number of para-hydroxylation sites is 4. The fraction of sp³-hybridized carbons (Fsp3) is 0.367. The molecule has 264 valence electrons. The topological polar surface area (TPSA) is 31.0 Å². The summed E-state index contributed by atoms with van der Waals surface area (Å²) >= 11 is 0. The maximum Gasteiger partial charge on any atom is 0.149 e. The van der Waals surface area contributed by atoms with Crippen molar-refractivity contribution < 1.29 is 7.16 Å². The fourth-order valence-electron chi connectivity index (χ4n) is 9.08. The predicted molar refractivity (Wildman–Crippen MR) is 219 cm³/mol. The minimum absolute atomic E-state index is 0.220. The van der Waals surface area contributed by atoms with Crippen LogP contribution in [0.1, 0.15) is 141 Å². The van der Waals surface area contributed by atoms with E-state index in [-0.39, 0.29) is 11.8 Å². The van der Waals surface area contributed by atoms with Crippen LogP contribution in [0.4, 0.5) is 0 Å². The van der Waals surface area contributed by atoms with Gasteiger partial charge in [-0.2, -0.15) is 0 Å². The van der Waals surface area contributed by atoms with Gasteiger partial charge >= 0.3 is 0 Å². The van der Waals surface area contributed by atoms with Crippen LogP contribution in [0, 0.1) is 0 Å². The first-order chi connectivity index (χ1) is 26.1. The Hall–Kier alpha value is -4.63. The van der Waals surface area contributed by atoms with Crippen molar-refractivity contribution in [1.82, 2.24) is 9.55 Å². The van der Waals surface area contributed by atoms with Crippen LogP contribution in [0.15, 0.2) is 101 Å². The van der Waals surface area contributed by atoms with Gasteiger partial charge in [-0.1, -0.05) is 127 Å². The van der Waals surface area contributed by atoms with Crippen LogP contribution in [0.2, 0.25) is 0 Å². The smallest absolute Gasteiger partial charge is 0.149 e. The summed E-state index contributed by atoms with van der Waals surface area (Å²) < 4.78 is 28.5. The van der Waals surface area contributed by atoms with Gasteiger partial charge in [-0.05, 0) is 119 Å². The highest BCUT2D eigenvalue weighted by Crippen LogP contribution is 2.45. The normalized spacial score (nSPS) is 18.0. The summed E-state index contributed by atoms with van der Waals surface area (Å²) in [4.78, 5) is 5.36. The monoisotopic (exact) mass is 686 g/mol. The molecule has 0 unspecified atom stereocenters. The van der Waals surface area contributed by atoms with E-state index in [9.17, 15) is 2.74 Å². The van der Waals surface area contributed by atoms with Gasteiger partial charge in [0.2, 0.25) is 0 Å². The van der Waals surface area contributed by atoms with Crippen LogP contribution in [0.5, 0.6) is 0 Å². The SMILES string of the molecule is [2H]C1(c2cc(-c3cc(C(C)C)c(-n4c(-c5cccc6c5oc5ccccc56)nc5ccccc54)c(C(C)C)c3)cc(C3([2H])CCCCC3)c2)CCCCC1. The van der Waals surface area contributed by atoms with E-state index in [1.54, 1.807) is 0 Å². The Bertz CT molecular complexity index is 2440. The molecule has 52 heavy (non-hydrogen) atoms.